The second kappa shape index (κ2) is 8.07. The summed E-state index contributed by atoms with van der Waals surface area (Å²) >= 11 is 5.99. The fourth-order valence-electron chi connectivity index (χ4n) is 3.64. The molecule has 1 aliphatic heterocycles. The highest BCUT2D eigenvalue weighted by atomic mass is 35.5. The van der Waals surface area contributed by atoms with Gasteiger partial charge in [0.1, 0.15) is 0 Å². The standard InChI is InChI=1S/C21H25ClN4O2/c1-14-12-19(28-24-14)13-25-8-10-26(11-9-25)16(3)21-23-15(2)20(27-21)17-4-6-18(22)7-5-17/h4-7,12,16H,8-11,13H2,1-3H3/t16-/m0/s1. The van der Waals surface area contributed by atoms with Gasteiger partial charge in [-0.15, -0.1) is 0 Å². The Labute approximate surface area is 170 Å². The molecule has 1 fully saturated rings. The highest BCUT2D eigenvalue weighted by Crippen LogP contribution is 2.30. The molecule has 148 valence electrons. The molecule has 7 heteroatoms. The summed E-state index contributed by atoms with van der Waals surface area (Å²) in [6.07, 6.45) is 0. The molecule has 28 heavy (non-hydrogen) atoms. The number of halogens is 1. The van der Waals surface area contributed by atoms with Crippen molar-refractivity contribution in [2.45, 2.75) is 33.4 Å². The lowest BCUT2D eigenvalue weighted by atomic mass is 10.1. The minimum atomic E-state index is 0.134. The second-order valence-electron chi connectivity index (χ2n) is 7.40. The van der Waals surface area contributed by atoms with Crippen LogP contribution in [0.5, 0.6) is 0 Å². The molecule has 3 aromatic rings. The highest BCUT2D eigenvalue weighted by molar-refractivity contribution is 6.30. The van der Waals surface area contributed by atoms with E-state index in [4.69, 9.17) is 25.5 Å². The third-order valence-electron chi connectivity index (χ3n) is 5.29. The zero-order valence-electron chi connectivity index (χ0n) is 16.5. The van der Waals surface area contributed by atoms with E-state index >= 15 is 0 Å². The number of hydrogen-bond donors (Lipinski definition) is 0. The first-order chi connectivity index (χ1) is 13.5. The van der Waals surface area contributed by atoms with Gasteiger partial charge in [-0.3, -0.25) is 9.80 Å². The largest absolute Gasteiger partial charge is 0.439 e. The molecule has 0 radical (unpaired) electrons. The molecule has 4 rings (SSSR count). The molecule has 0 spiro atoms. The third kappa shape index (κ3) is 4.14. The second-order valence-corrected chi connectivity index (χ2v) is 7.83. The topological polar surface area (TPSA) is 58.5 Å². The number of oxazole rings is 1. The molecular formula is C21H25ClN4O2. The van der Waals surface area contributed by atoms with Gasteiger partial charge in [-0.2, -0.15) is 0 Å². The van der Waals surface area contributed by atoms with Crippen LogP contribution >= 0.6 is 11.6 Å². The zero-order valence-corrected chi connectivity index (χ0v) is 17.2. The average Bonchev–Trinajstić information content (AvgIpc) is 3.28. The molecule has 2 aromatic heterocycles. The number of rotatable bonds is 5. The molecule has 1 aliphatic rings. The van der Waals surface area contributed by atoms with Crippen molar-refractivity contribution < 1.29 is 8.94 Å². The van der Waals surface area contributed by atoms with Crippen molar-refractivity contribution >= 4 is 11.6 Å². The number of nitrogens with zero attached hydrogens (tertiary/aromatic N) is 4. The van der Waals surface area contributed by atoms with E-state index in [1.807, 2.05) is 44.2 Å². The van der Waals surface area contributed by atoms with Crippen LogP contribution in [0.25, 0.3) is 11.3 Å². The number of benzene rings is 1. The monoisotopic (exact) mass is 400 g/mol. The Kier molecular flexibility index (Phi) is 5.53. The van der Waals surface area contributed by atoms with Crippen LogP contribution in [0.2, 0.25) is 5.02 Å². The van der Waals surface area contributed by atoms with Gasteiger partial charge in [-0.05, 0) is 45.0 Å². The van der Waals surface area contributed by atoms with Crippen LogP contribution in [-0.4, -0.2) is 46.1 Å². The summed E-state index contributed by atoms with van der Waals surface area (Å²) in [6, 6.07) is 9.81. The molecule has 6 nitrogen and oxygen atoms in total. The van der Waals surface area contributed by atoms with E-state index in [0.717, 1.165) is 67.1 Å². The number of hydrogen-bond acceptors (Lipinski definition) is 6. The van der Waals surface area contributed by atoms with Gasteiger partial charge in [0, 0.05) is 42.8 Å². The first-order valence-corrected chi connectivity index (χ1v) is 9.99. The SMILES string of the molecule is Cc1cc(CN2CCN([C@@H](C)c3nc(C)c(-c4ccc(Cl)cc4)o3)CC2)on1. The lowest BCUT2D eigenvalue weighted by Gasteiger charge is -2.36. The van der Waals surface area contributed by atoms with Crippen LogP contribution in [0.3, 0.4) is 0 Å². The molecule has 0 amide bonds. The molecule has 0 saturated carbocycles. The summed E-state index contributed by atoms with van der Waals surface area (Å²) in [6.45, 7) is 10.8. The maximum atomic E-state index is 6.15. The van der Waals surface area contributed by atoms with Crippen molar-refractivity contribution in [3.63, 3.8) is 0 Å². The maximum absolute atomic E-state index is 6.15. The van der Waals surface area contributed by atoms with Gasteiger partial charge < -0.3 is 8.94 Å². The van der Waals surface area contributed by atoms with E-state index in [9.17, 15) is 0 Å². The molecule has 1 aromatic carbocycles. The third-order valence-corrected chi connectivity index (χ3v) is 5.54. The predicted octanol–water partition coefficient (Wildman–Crippen LogP) is 4.48. The summed E-state index contributed by atoms with van der Waals surface area (Å²) in [5, 5.41) is 4.68. The Morgan fingerprint density at radius 1 is 1.11 bits per heavy atom. The summed E-state index contributed by atoms with van der Waals surface area (Å²) in [4.78, 5) is 9.50. The van der Waals surface area contributed by atoms with E-state index in [1.165, 1.54) is 0 Å². The summed E-state index contributed by atoms with van der Waals surface area (Å²) < 4.78 is 11.5. The van der Waals surface area contributed by atoms with E-state index in [-0.39, 0.29) is 6.04 Å². The first kappa shape index (κ1) is 19.2. The van der Waals surface area contributed by atoms with Crippen LogP contribution < -0.4 is 0 Å². The van der Waals surface area contributed by atoms with E-state index in [2.05, 4.69) is 21.9 Å². The van der Waals surface area contributed by atoms with Crippen LogP contribution in [-0.2, 0) is 6.54 Å². The van der Waals surface area contributed by atoms with Crippen LogP contribution in [0.1, 0.15) is 36.0 Å². The fraction of sp³-hybridized carbons (Fsp3) is 0.429. The first-order valence-electron chi connectivity index (χ1n) is 9.61. The average molecular weight is 401 g/mol. The van der Waals surface area contributed by atoms with Gasteiger partial charge in [0.15, 0.2) is 11.5 Å². The maximum Gasteiger partial charge on any atom is 0.212 e. The van der Waals surface area contributed by atoms with E-state index < -0.39 is 0 Å². The van der Waals surface area contributed by atoms with Crippen molar-refractivity contribution in [1.29, 1.82) is 0 Å². The minimum Gasteiger partial charge on any atom is -0.439 e. The molecule has 0 aliphatic carbocycles. The van der Waals surface area contributed by atoms with E-state index in [1.54, 1.807) is 0 Å². The summed E-state index contributed by atoms with van der Waals surface area (Å²) in [5.41, 5.74) is 2.83. The van der Waals surface area contributed by atoms with Gasteiger partial charge in [0.2, 0.25) is 5.89 Å². The number of piperazine rings is 1. The number of aromatic nitrogens is 2. The van der Waals surface area contributed by atoms with Crippen molar-refractivity contribution in [1.82, 2.24) is 19.9 Å². The van der Waals surface area contributed by atoms with Crippen molar-refractivity contribution in [2.24, 2.45) is 0 Å². The van der Waals surface area contributed by atoms with Crippen LogP contribution in [0, 0.1) is 13.8 Å². The fourth-order valence-corrected chi connectivity index (χ4v) is 3.77. The van der Waals surface area contributed by atoms with Crippen LogP contribution in [0.15, 0.2) is 39.3 Å². The molecule has 0 unspecified atom stereocenters. The molecular weight excluding hydrogens is 376 g/mol. The van der Waals surface area contributed by atoms with Gasteiger partial charge >= 0.3 is 0 Å². The van der Waals surface area contributed by atoms with Gasteiger partial charge in [0.05, 0.1) is 24.0 Å². The smallest absolute Gasteiger partial charge is 0.212 e. The summed E-state index contributed by atoms with van der Waals surface area (Å²) in [7, 11) is 0. The molecule has 1 atom stereocenters. The minimum absolute atomic E-state index is 0.134. The quantitative estimate of drug-likeness (QED) is 0.629. The Balaban J connectivity index is 1.39. The zero-order chi connectivity index (χ0) is 19.7. The van der Waals surface area contributed by atoms with Gasteiger partial charge in [0.25, 0.3) is 0 Å². The Morgan fingerprint density at radius 2 is 1.82 bits per heavy atom. The molecule has 0 N–H and O–H groups in total. The Bertz CT molecular complexity index is 926. The Morgan fingerprint density at radius 3 is 2.46 bits per heavy atom. The molecule has 0 bridgehead atoms. The van der Waals surface area contributed by atoms with Crippen molar-refractivity contribution in [3.05, 3.63) is 58.4 Å². The predicted molar refractivity (Wildman–Crippen MR) is 108 cm³/mol. The lowest BCUT2D eigenvalue weighted by Crippen LogP contribution is -2.46. The van der Waals surface area contributed by atoms with Crippen molar-refractivity contribution in [2.75, 3.05) is 26.2 Å². The van der Waals surface area contributed by atoms with Gasteiger partial charge in [-0.1, -0.05) is 16.8 Å². The molecule has 1 saturated heterocycles. The van der Waals surface area contributed by atoms with Crippen molar-refractivity contribution in [3.8, 4) is 11.3 Å². The highest BCUT2D eigenvalue weighted by Gasteiger charge is 2.26. The Hall–Kier alpha value is -2.15. The van der Waals surface area contributed by atoms with E-state index in [0.29, 0.717) is 5.02 Å². The lowest BCUT2D eigenvalue weighted by molar-refractivity contribution is 0.0823. The molecule has 3 heterocycles. The normalized spacial score (nSPS) is 17.1. The van der Waals surface area contributed by atoms with Gasteiger partial charge in [-0.25, -0.2) is 4.98 Å². The summed E-state index contributed by atoms with van der Waals surface area (Å²) in [5.74, 6) is 2.51. The van der Waals surface area contributed by atoms with Crippen LogP contribution in [0.4, 0.5) is 0 Å². The number of aryl methyl sites for hydroxylation is 2.